The van der Waals surface area contributed by atoms with Gasteiger partial charge >= 0.3 is 0 Å². The van der Waals surface area contributed by atoms with Crippen LogP contribution in [0.5, 0.6) is 0 Å². The maximum absolute atomic E-state index is 13.5. The summed E-state index contributed by atoms with van der Waals surface area (Å²) >= 11 is 0. The molecule has 7 heteroatoms. The SMILES string of the molecule is Cc1[nH]nc(CCC(=O)N[C@@H](C)c2cnn(-c3cccc(F)c3)c2C)c1C. The fourth-order valence-corrected chi connectivity index (χ4v) is 3.12. The van der Waals surface area contributed by atoms with Gasteiger partial charge in [0.05, 0.1) is 23.6 Å². The van der Waals surface area contributed by atoms with Crippen LogP contribution in [0, 0.1) is 26.6 Å². The number of rotatable bonds is 6. The number of aromatic nitrogens is 4. The predicted octanol–water partition coefficient (Wildman–Crippen LogP) is 3.47. The smallest absolute Gasteiger partial charge is 0.220 e. The van der Waals surface area contributed by atoms with E-state index in [0.717, 1.165) is 28.2 Å². The number of benzene rings is 1. The molecule has 27 heavy (non-hydrogen) atoms. The Morgan fingerprint density at radius 1 is 1.33 bits per heavy atom. The first-order valence-corrected chi connectivity index (χ1v) is 8.97. The Morgan fingerprint density at radius 2 is 2.11 bits per heavy atom. The predicted molar refractivity (Wildman–Crippen MR) is 101 cm³/mol. The van der Waals surface area contributed by atoms with Gasteiger partial charge in [-0.25, -0.2) is 9.07 Å². The zero-order chi connectivity index (χ0) is 19.6. The van der Waals surface area contributed by atoms with Crippen LogP contribution >= 0.6 is 0 Å². The molecule has 2 heterocycles. The van der Waals surface area contributed by atoms with E-state index in [1.807, 2.05) is 27.7 Å². The van der Waals surface area contributed by atoms with Crippen LogP contribution in [0.3, 0.4) is 0 Å². The van der Waals surface area contributed by atoms with Gasteiger partial charge in [0.15, 0.2) is 0 Å². The van der Waals surface area contributed by atoms with Crippen molar-refractivity contribution in [3.8, 4) is 5.69 Å². The zero-order valence-electron chi connectivity index (χ0n) is 16.0. The lowest BCUT2D eigenvalue weighted by atomic mass is 10.1. The Morgan fingerprint density at radius 3 is 2.78 bits per heavy atom. The average Bonchev–Trinajstić information content (AvgIpc) is 3.16. The molecule has 0 spiro atoms. The second kappa shape index (κ2) is 7.73. The highest BCUT2D eigenvalue weighted by molar-refractivity contribution is 5.76. The number of H-pyrrole nitrogens is 1. The molecule has 1 amide bonds. The first kappa shape index (κ1) is 18.8. The monoisotopic (exact) mass is 369 g/mol. The fourth-order valence-electron chi connectivity index (χ4n) is 3.12. The van der Waals surface area contributed by atoms with Gasteiger partial charge in [0.2, 0.25) is 5.91 Å². The molecule has 3 aromatic rings. The van der Waals surface area contributed by atoms with Gasteiger partial charge in [0, 0.05) is 29.8 Å². The minimum atomic E-state index is -0.311. The zero-order valence-corrected chi connectivity index (χ0v) is 16.0. The molecule has 0 aliphatic carbocycles. The Hall–Kier alpha value is -2.96. The summed E-state index contributed by atoms with van der Waals surface area (Å²) in [5.41, 5.74) is 5.47. The number of nitrogens with zero attached hydrogens (tertiary/aromatic N) is 3. The molecule has 0 bridgehead atoms. The molecule has 0 unspecified atom stereocenters. The van der Waals surface area contributed by atoms with Crippen molar-refractivity contribution in [3.05, 3.63) is 64.5 Å². The van der Waals surface area contributed by atoms with E-state index >= 15 is 0 Å². The van der Waals surface area contributed by atoms with E-state index < -0.39 is 0 Å². The number of hydrogen-bond donors (Lipinski definition) is 2. The van der Waals surface area contributed by atoms with Crippen molar-refractivity contribution in [3.63, 3.8) is 0 Å². The number of nitrogens with one attached hydrogen (secondary N) is 2. The molecule has 1 atom stereocenters. The number of hydrogen-bond acceptors (Lipinski definition) is 3. The van der Waals surface area contributed by atoms with Crippen molar-refractivity contribution in [2.45, 2.75) is 46.6 Å². The Labute approximate surface area is 157 Å². The Balaban J connectivity index is 1.65. The number of amides is 1. The third-order valence-corrected chi connectivity index (χ3v) is 4.89. The second-order valence-electron chi connectivity index (χ2n) is 6.79. The van der Waals surface area contributed by atoms with E-state index in [1.54, 1.807) is 23.0 Å². The first-order valence-electron chi connectivity index (χ1n) is 8.97. The summed E-state index contributed by atoms with van der Waals surface area (Å²) in [7, 11) is 0. The van der Waals surface area contributed by atoms with Gasteiger partial charge in [-0.15, -0.1) is 0 Å². The van der Waals surface area contributed by atoms with Crippen molar-refractivity contribution in [1.82, 2.24) is 25.3 Å². The van der Waals surface area contributed by atoms with Crippen LogP contribution in [-0.4, -0.2) is 25.9 Å². The topological polar surface area (TPSA) is 75.6 Å². The van der Waals surface area contributed by atoms with Crippen molar-refractivity contribution in [2.24, 2.45) is 0 Å². The maximum Gasteiger partial charge on any atom is 0.220 e. The van der Waals surface area contributed by atoms with Gasteiger partial charge in [-0.3, -0.25) is 9.89 Å². The third kappa shape index (κ3) is 4.07. The largest absolute Gasteiger partial charge is 0.349 e. The van der Waals surface area contributed by atoms with Crippen LogP contribution in [0.15, 0.2) is 30.5 Å². The quantitative estimate of drug-likeness (QED) is 0.699. The molecular weight excluding hydrogens is 345 g/mol. The number of halogens is 1. The van der Waals surface area contributed by atoms with E-state index in [4.69, 9.17) is 0 Å². The molecule has 1 aromatic carbocycles. The molecule has 0 radical (unpaired) electrons. The number of carbonyl (C=O) groups is 1. The summed E-state index contributed by atoms with van der Waals surface area (Å²) in [5, 5.41) is 14.5. The maximum atomic E-state index is 13.5. The summed E-state index contributed by atoms with van der Waals surface area (Å²) in [5.74, 6) is -0.352. The van der Waals surface area contributed by atoms with Crippen LogP contribution in [0.2, 0.25) is 0 Å². The molecule has 0 aliphatic heterocycles. The van der Waals surface area contributed by atoms with Gasteiger partial charge in [0.25, 0.3) is 0 Å². The Kier molecular flexibility index (Phi) is 5.39. The van der Waals surface area contributed by atoms with Gasteiger partial charge in [-0.1, -0.05) is 6.07 Å². The molecule has 6 nitrogen and oxygen atoms in total. The van der Waals surface area contributed by atoms with E-state index in [-0.39, 0.29) is 17.8 Å². The van der Waals surface area contributed by atoms with Gasteiger partial charge in [0.1, 0.15) is 5.82 Å². The molecule has 2 aromatic heterocycles. The lowest BCUT2D eigenvalue weighted by Gasteiger charge is -2.14. The molecule has 0 aliphatic rings. The van der Waals surface area contributed by atoms with Crippen LogP contribution in [-0.2, 0) is 11.2 Å². The first-order chi connectivity index (χ1) is 12.9. The van der Waals surface area contributed by atoms with E-state index in [1.165, 1.54) is 12.1 Å². The van der Waals surface area contributed by atoms with Crippen molar-refractivity contribution in [1.29, 1.82) is 0 Å². The fraction of sp³-hybridized carbons (Fsp3) is 0.350. The van der Waals surface area contributed by atoms with E-state index in [9.17, 15) is 9.18 Å². The molecule has 0 saturated heterocycles. The summed E-state index contributed by atoms with van der Waals surface area (Å²) in [6, 6.07) is 6.08. The third-order valence-electron chi connectivity index (χ3n) is 4.89. The molecular formula is C20H24FN5O. The Bertz CT molecular complexity index is 959. The summed E-state index contributed by atoms with van der Waals surface area (Å²) in [4.78, 5) is 12.3. The van der Waals surface area contributed by atoms with Crippen LogP contribution in [0.4, 0.5) is 4.39 Å². The van der Waals surface area contributed by atoms with Crippen LogP contribution in [0.25, 0.3) is 5.69 Å². The highest BCUT2D eigenvalue weighted by Gasteiger charge is 2.17. The van der Waals surface area contributed by atoms with E-state index in [0.29, 0.717) is 18.5 Å². The number of carbonyl (C=O) groups excluding carboxylic acids is 1. The van der Waals surface area contributed by atoms with Crippen molar-refractivity contribution >= 4 is 5.91 Å². The van der Waals surface area contributed by atoms with Gasteiger partial charge in [-0.05, 0) is 51.5 Å². The molecule has 3 rings (SSSR count). The lowest BCUT2D eigenvalue weighted by Crippen LogP contribution is -2.27. The molecule has 2 N–H and O–H groups in total. The standard InChI is InChI=1S/C20H24FN5O/c1-12-13(2)24-25-19(12)8-9-20(27)23-14(3)18-11-22-26(15(18)4)17-7-5-6-16(21)10-17/h5-7,10-11,14H,8-9H2,1-4H3,(H,23,27)(H,24,25)/t14-/m0/s1. The minimum absolute atomic E-state index is 0.0412. The van der Waals surface area contributed by atoms with E-state index in [2.05, 4.69) is 20.6 Å². The number of aromatic amines is 1. The van der Waals surface area contributed by atoms with Crippen molar-refractivity contribution in [2.75, 3.05) is 0 Å². The van der Waals surface area contributed by atoms with Crippen LogP contribution < -0.4 is 5.32 Å². The highest BCUT2D eigenvalue weighted by atomic mass is 19.1. The normalized spacial score (nSPS) is 12.2. The summed E-state index contributed by atoms with van der Waals surface area (Å²) < 4.78 is 15.1. The molecule has 142 valence electrons. The second-order valence-corrected chi connectivity index (χ2v) is 6.79. The highest BCUT2D eigenvalue weighted by Crippen LogP contribution is 2.21. The van der Waals surface area contributed by atoms with Gasteiger partial charge in [-0.2, -0.15) is 10.2 Å². The lowest BCUT2D eigenvalue weighted by molar-refractivity contribution is -0.121. The van der Waals surface area contributed by atoms with Gasteiger partial charge < -0.3 is 5.32 Å². The summed E-state index contributed by atoms with van der Waals surface area (Å²) in [6.45, 7) is 7.79. The average molecular weight is 369 g/mol. The molecule has 0 saturated carbocycles. The summed E-state index contributed by atoms with van der Waals surface area (Å²) in [6.07, 6.45) is 2.68. The minimum Gasteiger partial charge on any atom is -0.349 e. The molecule has 0 fully saturated rings. The van der Waals surface area contributed by atoms with Crippen LogP contribution in [0.1, 0.15) is 47.6 Å². The van der Waals surface area contributed by atoms with Crippen molar-refractivity contribution < 1.29 is 9.18 Å². The number of aryl methyl sites for hydroxylation is 2.